The number of anilines is 1. The highest BCUT2D eigenvalue weighted by Gasteiger charge is 2.12. The van der Waals surface area contributed by atoms with Crippen molar-refractivity contribution in [1.82, 2.24) is 5.32 Å². The Balaban J connectivity index is 2.08. The van der Waals surface area contributed by atoms with Gasteiger partial charge in [-0.25, -0.2) is 0 Å². The van der Waals surface area contributed by atoms with Crippen LogP contribution in [0.15, 0.2) is 36.4 Å². The smallest absolute Gasteiger partial charge is 0.257 e. The Labute approximate surface area is 140 Å². The zero-order chi connectivity index (χ0) is 16.3. The van der Waals surface area contributed by atoms with E-state index in [1.165, 1.54) is 0 Å². The maximum atomic E-state index is 12.3. The van der Waals surface area contributed by atoms with E-state index in [1.54, 1.807) is 6.07 Å². The molecule has 0 saturated heterocycles. The van der Waals surface area contributed by atoms with E-state index in [1.807, 2.05) is 51.1 Å². The van der Waals surface area contributed by atoms with Crippen molar-refractivity contribution in [3.63, 3.8) is 0 Å². The molecule has 22 heavy (non-hydrogen) atoms. The van der Waals surface area contributed by atoms with Crippen LogP contribution in [-0.2, 0) is 0 Å². The molecule has 0 saturated carbocycles. The summed E-state index contributed by atoms with van der Waals surface area (Å²) in [6, 6.07) is 11.2. The Morgan fingerprint density at radius 3 is 2.55 bits per heavy atom. The summed E-state index contributed by atoms with van der Waals surface area (Å²) in [6.45, 7) is 5.84. The topological polar surface area (TPSA) is 41.1 Å². The van der Waals surface area contributed by atoms with Crippen LogP contribution in [0.5, 0.6) is 0 Å². The van der Waals surface area contributed by atoms with Crippen LogP contribution in [0.3, 0.4) is 0 Å². The van der Waals surface area contributed by atoms with E-state index < -0.39 is 0 Å². The van der Waals surface area contributed by atoms with Gasteiger partial charge in [0, 0.05) is 5.56 Å². The summed E-state index contributed by atoms with van der Waals surface area (Å²) in [4.78, 5) is 12.3. The molecule has 0 atom stereocenters. The first kappa shape index (κ1) is 16.5. The molecular formula is C17H17ClN2OS. The number of thiocarbonyl (C=S) groups is 1. The monoisotopic (exact) mass is 332 g/mol. The van der Waals surface area contributed by atoms with Crippen LogP contribution in [0.4, 0.5) is 5.69 Å². The van der Waals surface area contributed by atoms with Gasteiger partial charge in [0.25, 0.3) is 5.91 Å². The van der Waals surface area contributed by atoms with Crippen LogP contribution < -0.4 is 10.6 Å². The lowest BCUT2D eigenvalue weighted by Crippen LogP contribution is -2.34. The van der Waals surface area contributed by atoms with Crippen molar-refractivity contribution in [3.05, 3.63) is 63.7 Å². The van der Waals surface area contributed by atoms with E-state index in [4.69, 9.17) is 23.8 Å². The fraction of sp³-hybridized carbons (Fsp3) is 0.176. The second-order valence-corrected chi connectivity index (χ2v) is 5.95. The standard InChI is InChI=1S/C17H17ClN2OS/c1-10-7-8-15(14(18)9-10)19-17(22)20-16(21)13-6-4-5-11(2)12(13)3/h4-9H,1-3H3,(H2,19,20,21,22). The second kappa shape index (κ2) is 6.90. The summed E-state index contributed by atoms with van der Waals surface area (Å²) in [6.07, 6.45) is 0. The van der Waals surface area contributed by atoms with Crippen molar-refractivity contribution >= 4 is 40.5 Å². The van der Waals surface area contributed by atoms with E-state index in [0.29, 0.717) is 16.3 Å². The molecule has 1 amide bonds. The number of aryl methyl sites for hydroxylation is 2. The number of carbonyl (C=O) groups is 1. The maximum absolute atomic E-state index is 12.3. The van der Waals surface area contributed by atoms with Crippen LogP contribution >= 0.6 is 23.8 Å². The van der Waals surface area contributed by atoms with Crippen molar-refractivity contribution in [2.75, 3.05) is 5.32 Å². The molecule has 2 aromatic carbocycles. The molecule has 0 aromatic heterocycles. The predicted octanol–water partition coefficient (Wildman–Crippen LogP) is 4.39. The van der Waals surface area contributed by atoms with Crippen LogP contribution in [0.2, 0.25) is 5.02 Å². The molecule has 0 radical (unpaired) electrons. The van der Waals surface area contributed by atoms with Crippen molar-refractivity contribution in [1.29, 1.82) is 0 Å². The molecule has 0 spiro atoms. The lowest BCUT2D eigenvalue weighted by molar-refractivity contribution is 0.0977. The Hall–Kier alpha value is -1.91. The van der Waals surface area contributed by atoms with Crippen LogP contribution in [0.25, 0.3) is 0 Å². The zero-order valence-corrected chi connectivity index (χ0v) is 14.2. The summed E-state index contributed by atoms with van der Waals surface area (Å²) in [5.74, 6) is -0.234. The lowest BCUT2D eigenvalue weighted by atomic mass is 10.0. The molecule has 5 heteroatoms. The van der Waals surface area contributed by atoms with Gasteiger partial charge in [0.05, 0.1) is 10.7 Å². The first-order chi connectivity index (χ1) is 10.4. The highest BCUT2D eigenvalue weighted by molar-refractivity contribution is 7.80. The lowest BCUT2D eigenvalue weighted by Gasteiger charge is -2.13. The van der Waals surface area contributed by atoms with Crippen molar-refractivity contribution in [3.8, 4) is 0 Å². The summed E-state index contributed by atoms with van der Waals surface area (Å²) in [5.41, 5.74) is 4.34. The first-order valence-corrected chi connectivity index (χ1v) is 7.62. The van der Waals surface area contributed by atoms with Gasteiger partial charge in [-0.2, -0.15) is 0 Å². The molecule has 0 aliphatic rings. The number of benzene rings is 2. The summed E-state index contributed by atoms with van der Waals surface area (Å²) in [5, 5.41) is 6.39. The van der Waals surface area contributed by atoms with Gasteiger partial charge in [0.15, 0.2) is 5.11 Å². The molecule has 0 unspecified atom stereocenters. The number of rotatable bonds is 2. The largest absolute Gasteiger partial charge is 0.331 e. The molecular weight excluding hydrogens is 316 g/mol. The quantitative estimate of drug-likeness (QED) is 0.801. The Kier molecular flexibility index (Phi) is 5.16. The van der Waals surface area contributed by atoms with Crippen molar-refractivity contribution in [2.24, 2.45) is 0 Å². The third kappa shape index (κ3) is 3.84. The van der Waals surface area contributed by atoms with Gasteiger partial charge in [0.1, 0.15) is 0 Å². The molecule has 0 aliphatic carbocycles. The van der Waals surface area contributed by atoms with Crippen LogP contribution in [0.1, 0.15) is 27.0 Å². The Morgan fingerprint density at radius 1 is 1.14 bits per heavy atom. The normalized spacial score (nSPS) is 10.2. The van der Waals surface area contributed by atoms with E-state index in [9.17, 15) is 4.79 Å². The first-order valence-electron chi connectivity index (χ1n) is 6.83. The van der Waals surface area contributed by atoms with E-state index >= 15 is 0 Å². The second-order valence-electron chi connectivity index (χ2n) is 5.14. The molecule has 0 bridgehead atoms. The van der Waals surface area contributed by atoms with Gasteiger partial charge >= 0.3 is 0 Å². The minimum absolute atomic E-state index is 0.219. The van der Waals surface area contributed by atoms with Gasteiger partial charge in [0.2, 0.25) is 0 Å². The van der Waals surface area contributed by atoms with Crippen LogP contribution in [0, 0.1) is 20.8 Å². The number of nitrogens with one attached hydrogen (secondary N) is 2. The van der Waals surface area contributed by atoms with Gasteiger partial charge in [-0.15, -0.1) is 0 Å². The third-order valence-electron chi connectivity index (χ3n) is 3.45. The number of halogens is 1. The molecule has 0 aliphatic heterocycles. The van der Waals surface area contributed by atoms with Crippen LogP contribution in [-0.4, -0.2) is 11.0 Å². The number of hydrogen-bond donors (Lipinski definition) is 2. The molecule has 3 nitrogen and oxygen atoms in total. The average molecular weight is 333 g/mol. The minimum Gasteiger partial charge on any atom is -0.331 e. The minimum atomic E-state index is -0.234. The third-order valence-corrected chi connectivity index (χ3v) is 3.97. The molecule has 2 rings (SSSR count). The number of hydrogen-bond acceptors (Lipinski definition) is 2. The van der Waals surface area contributed by atoms with Crippen molar-refractivity contribution < 1.29 is 4.79 Å². The fourth-order valence-corrected chi connectivity index (χ4v) is 2.53. The number of carbonyl (C=O) groups excluding carboxylic acids is 1. The molecule has 0 fully saturated rings. The molecule has 114 valence electrons. The van der Waals surface area contributed by atoms with E-state index in [0.717, 1.165) is 16.7 Å². The van der Waals surface area contributed by atoms with Gasteiger partial charge in [-0.3, -0.25) is 10.1 Å². The zero-order valence-electron chi connectivity index (χ0n) is 12.7. The maximum Gasteiger partial charge on any atom is 0.257 e. The summed E-state index contributed by atoms with van der Waals surface area (Å²) < 4.78 is 0. The summed E-state index contributed by atoms with van der Waals surface area (Å²) >= 11 is 11.3. The molecule has 2 aromatic rings. The molecule has 2 N–H and O–H groups in total. The van der Waals surface area contributed by atoms with Gasteiger partial charge < -0.3 is 5.32 Å². The van der Waals surface area contributed by atoms with E-state index in [2.05, 4.69) is 10.6 Å². The predicted molar refractivity (Wildman–Crippen MR) is 95.8 cm³/mol. The fourth-order valence-electron chi connectivity index (χ4n) is 2.04. The highest BCUT2D eigenvalue weighted by Crippen LogP contribution is 2.22. The Bertz CT molecular complexity index is 743. The summed E-state index contributed by atoms with van der Waals surface area (Å²) in [7, 11) is 0. The highest BCUT2D eigenvalue weighted by atomic mass is 35.5. The van der Waals surface area contributed by atoms with Gasteiger partial charge in [-0.05, 0) is 67.9 Å². The van der Waals surface area contributed by atoms with Crippen molar-refractivity contribution in [2.45, 2.75) is 20.8 Å². The van der Waals surface area contributed by atoms with E-state index in [-0.39, 0.29) is 11.0 Å². The molecule has 0 heterocycles. The average Bonchev–Trinajstić information content (AvgIpc) is 2.44. The SMILES string of the molecule is Cc1ccc(NC(=S)NC(=O)c2cccc(C)c2C)c(Cl)c1. The number of amides is 1. The van der Waals surface area contributed by atoms with Gasteiger partial charge in [-0.1, -0.05) is 29.8 Å². The Morgan fingerprint density at radius 2 is 1.86 bits per heavy atom.